The fraction of sp³-hybridized carbons (Fsp3) is 0.300. The second kappa shape index (κ2) is 6.33. The van der Waals surface area contributed by atoms with Gasteiger partial charge in [0.2, 0.25) is 11.8 Å². The molecule has 4 rings (SSSR count). The van der Waals surface area contributed by atoms with Gasteiger partial charge in [-0.25, -0.2) is 0 Å². The fourth-order valence-corrected chi connectivity index (χ4v) is 3.66. The highest BCUT2D eigenvalue weighted by Gasteiger charge is 2.33. The van der Waals surface area contributed by atoms with Crippen molar-refractivity contribution in [1.82, 2.24) is 4.90 Å². The molecule has 0 bridgehead atoms. The van der Waals surface area contributed by atoms with Gasteiger partial charge in [0.15, 0.2) is 0 Å². The van der Waals surface area contributed by atoms with Crippen molar-refractivity contribution in [2.75, 3.05) is 23.3 Å². The Balaban J connectivity index is 1.56. The van der Waals surface area contributed by atoms with Gasteiger partial charge in [-0.3, -0.25) is 19.4 Å². The molecule has 0 fully saturated rings. The lowest BCUT2D eigenvalue weighted by molar-refractivity contribution is -0.125. The summed E-state index contributed by atoms with van der Waals surface area (Å²) in [5.41, 5.74) is 4.12. The number of para-hydroxylation sites is 2. The Labute approximate surface area is 147 Å². The molecule has 2 aliphatic heterocycles. The van der Waals surface area contributed by atoms with Crippen LogP contribution in [0.15, 0.2) is 48.5 Å². The highest BCUT2D eigenvalue weighted by Crippen LogP contribution is 2.30. The highest BCUT2D eigenvalue weighted by atomic mass is 16.2. The molecule has 128 valence electrons. The number of carbonyl (C=O) groups is 2. The molecule has 0 unspecified atom stereocenters. The predicted octanol–water partition coefficient (Wildman–Crippen LogP) is 2.42. The normalized spacial score (nSPS) is 18.1. The maximum absolute atomic E-state index is 13.1. The van der Waals surface area contributed by atoms with Crippen LogP contribution in [-0.2, 0) is 22.6 Å². The number of nitrogens with one attached hydrogen (secondary N) is 1. The molecule has 2 amide bonds. The number of anilines is 2. The van der Waals surface area contributed by atoms with Gasteiger partial charge in [0.25, 0.3) is 0 Å². The summed E-state index contributed by atoms with van der Waals surface area (Å²) in [5, 5.41) is 2.83. The number of carbonyl (C=O) groups excluding carboxylic acids is 2. The van der Waals surface area contributed by atoms with Crippen molar-refractivity contribution in [2.45, 2.75) is 25.9 Å². The van der Waals surface area contributed by atoms with Gasteiger partial charge in [-0.05, 0) is 36.6 Å². The van der Waals surface area contributed by atoms with E-state index in [0.717, 1.165) is 25.2 Å². The summed E-state index contributed by atoms with van der Waals surface area (Å²) in [6, 6.07) is 15.6. The summed E-state index contributed by atoms with van der Waals surface area (Å²) in [6.07, 6.45) is 0.949. The standard InChI is InChI=1S/C20H21N3O2/c1-14(22-11-10-15-6-2-3-7-16(15)12-22)20(25)23-13-19(24)21-17-8-4-5-9-18(17)23/h2-9,14H,10-13H2,1H3,(H,21,24)/t14-/m0/s1. The van der Waals surface area contributed by atoms with Crippen molar-refractivity contribution in [3.63, 3.8) is 0 Å². The summed E-state index contributed by atoms with van der Waals surface area (Å²) >= 11 is 0. The summed E-state index contributed by atoms with van der Waals surface area (Å²) in [5.74, 6) is -0.176. The Kier molecular flexibility index (Phi) is 4.01. The van der Waals surface area contributed by atoms with Crippen LogP contribution >= 0.6 is 0 Å². The first-order valence-corrected chi connectivity index (χ1v) is 8.64. The van der Waals surface area contributed by atoms with Gasteiger partial charge < -0.3 is 5.32 Å². The minimum absolute atomic E-state index is 0.0262. The van der Waals surface area contributed by atoms with Gasteiger partial charge in [-0.1, -0.05) is 36.4 Å². The van der Waals surface area contributed by atoms with E-state index >= 15 is 0 Å². The molecule has 5 nitrogen and oxygen atoms in total. The van der Waals surface area contributed by atoms with Crippen LogP contribution in [0.5, 0.6) is 0 Å². The monoisotopic (exact) mass is 335 g/mol. The van der Waals surface area contributed by atoms with Crippen LogP contribution in [-0.4, -0.2) is 35.8 Å². The van der Waals surface area contributed by atoms with Gasteiger partial charge in [0.05, 0.1) is 17.4 Å². The number of amides is 2. The topological polar surface area (TPSA) is 52.7 Å². The molecule has 0 saturated carbocycles. The number of hydrogen-bond acceptors (Lipinski definition) is 3. The molecule has 1 atom stereocenters. The van der Waals surface area contributed by atoms with Crippen molar-refractivity contribution in [2.24, 2.45) is 0 Å². The molecule has 1 N–H and O–H groups in total. The lowest BCUT2D eigenvalue weighted by Gasteiger charge is -2.37. The third kappa shape index (κ3) is 2.91. The molecule has 5 heteroatoms. The van der Waals surface area contributed by atoms with E-state index in [0.29, 0.717) is 5.69 Å². The van der Waals surface area contributed by atoms with E-state index < -0.39 is 0 Å². The highest BCUT2D eigenvalue weighted by molar-refractivity contribution is 6.11. The van der Waals surface area contributed by atoms with Gasteiger partial charge in [-0.15, -0.1) is 0 Å². The average molecular weight is 335 g/mol. The zero-order valence-corrected chi connectivity index (χ0v) is 14.2. The summed E-state index contributed by atoms with van der Waals surface area (Å²) in [4.78, 5) is 28.9. The van der Waals surface area contributed by atoms with Gasteiger partial charge in [0.1, 0.15) is 6.54 Å². The Morgan fingerprint density at radius 1 is 1.04 bits per heavy atom. The van der Waals surface area contributed by atoms with Crippen LogP contribution in [0.1, 0.15) is 18.1 Å². The van der Waals surface area contributed by atoms with E-state index in [1.807, 2.05) is 37.3 Å². The molecule has 0 saturated heterocycles. The molecule has 0 aliphatic carbocycles. The minimum atomic E-state index is -0.271. The average Bonchev–Trinajstić information content (AvgIpc) is 2.65. The minimum Gasteiger partial charge on any atom is -0.323 e. The lowest BCUT2D eigenvalue weighted by atomic mass is 9.98. The maximum Gasteiger partial charge on any atom is 0.244 e. The van der Waals surface area contributed by atoms with Gasteiger partial charge >= 0.3 is 0 Å². The van der Waals surface area contributed by atoms with Gasteiger partial charge in [0, 0.05) is 13.1 Å². The summed E-state index contributed by atoms with van der Waals surface area (Å²) < 4.78 is 0. The predicted molar refractivity (Wildman–Crippen MR) is 97.4 cm³/mol. The Hall–Kier alpha value is -2.66. The molecule has 0 radical (unpaired) electrons. The molecule has 0 aromatic heterocycles. The fourth-order valence-electron chi connectivity index (χ4n) is 3.66. The largest absolute Gasteiger partial charge is 0.323 e. The molecule has 2 heterocycles. The van der Waals surface area contributed by atoms with E-state index in [1.165, 1.54) is 11.1 Å². The number of benzene rings is 2. The van der Waals surface area contributed by atoms with Crippen molar-refractivity contribution >= 4 is 23.2 Å². The SMILES string of the molecule is C[C@@H](C(=O)N1CC(=O)Nc2ccccc21)N1CCc2ccccc2C1. The Bertz CT molecular complexity index is 833. The van der Waals surface area contributed by atoms with E-state index in [2.05, 4.69) is 28.4 Å². The second-order valence-electron chi connectivity index (χ2n) is 6.65. The van der Waals surface area contributed by atoms with Crippen LogP contribution < -0.4 is 10.2 Å². The van der Waals surface area contributed by atoms with Gasteiger partial charge in [-0.2, -0.15) is 0 Å². The maximum atomic E-state index is 13.1. The van der Waals surface area contributed by atoms with E-state index in [-0.39, 0.29) is 24.4 Å². The number of rotatable bonds is 2. The zero-order valence-electron chi connectivity index (χ0n) is 14.2. The first-order valence-electron chi connectivity index (χ1n) is 8.64. The molecule has 0 spiro atoms. The van der Waals surface area contributed by atoms with Crippen molar-refractivity contribution < 1.29 is 9.59 Å². The molecular weight excluding hydrogens is 314 g/mol. The first kappa shape index (κ1) is 15.8. The molecule has 2 aromatic carbocycles. The zero-order chi connectivity index (χ0) is 17.4. The lowest BCUT2D eigenvalue weighted by Crippen LogP contribution is -2.52. The quantitative estimate of drug-likeness (QED) is 0.917. The Morgan fingerprint density at radius 2 is 1.76 bits per heavy atom. The molecule has 2 aliphatic rings. The molecular formula is C20H21N3O2. The Morgan fingerprint density at radius 3 is 2.60 bits per heavy atom. The van der Waals surface area contributed by atoms with Crippen LogP contribution in [0.3, 0.4) is 0 Å². The van der Waals surface area contributed by atoms with Crippen molar-refractivity contribution in [3.8, 4) is 0 Å². The smallest absolute Gasteiger partial charge is 0.244 e. The number of fused-ring (bicyclic) bond motifs is 2. The third-order valence-electron chi connectivity index (χ3n) is 5.10. The number of nitrogens with zero attached hydrogens (tertiary/aromatic N) is 2. The summed E-state index contributed by atoms with van der Waals surface area (Å²) in [7, 11) is 0. The van der Waals surface area contributed by atoms with E-state index in [9.17, 15) is 9.59 Å². The summed E-state index contributed by atoms with van der Waals surface area (Å²) in [6.45, 7) is 3.63. The second-order valence-corrected chi connectivity index (χ2v) is 6.65. The van der Waals surface area contributed by atoms with Crippen LogP contribution in [0.4, 0.5) is 11.4 Å². The van der Waals surface area contributed by atoms with Crippen LogP contribution in [0.2, 0.25) is 0 Å². The molecule has 25 heavy (non-hydrogen) atoms. The number of hydrogen-bond donors (Lipinski definition) is 1. The van der Waals surface area contributed by atoms with Crippen LogP contribution in [0, 0.1) is 0 Å². The van der Waals surface area contributed by atoms with Crippen LogP contribution in [0.25, 0.3) is 0 Å². The first-order chi connectivity index (χ1) is 12.1. The van der Waals surface area contributed by atoms with Crippen molar-refractivity contribution in [3.05, 3.63) is 59.7 Å². The van der Waals surface area contributed by atoms with Crippen molar-refractivity contribution in [1.29, 1.82) is 0 Å². The van der Waals surface area contributed by atoms with E-state index in [4.69, 9.17) is 0 Å². The van der Waals surface area contributed by atoms with E-state index in [1.54, 1.807) is 4.90 Å². The molecule has 2 aromatic rings. The third-order valence-corrected chi connectivity index (χ3v) is 5.10.